The largest absolute Gasteiger partial charge is 0.497 e. The molecule has 0 aliphatic heterocycles. The molecule has 0 aromatic heterocycles. The van der Waals surface area contributed by atoms with Crippen molar-refractivity contribution in [3.05, 3.63) is 54.1 Å². The first-order valence-corrected chi connectivity index (χ1v) is 8.13. The zero-order valence-corrected chi connectivity index (χ0v) is 14.7. The third kappa shape index (κ3) is 5.94. The number of benzene rings is 2. The van der Waals surface area contributed by atoms with E-state index in [-0.39, 0.29) is 0 Å². The molecule has 0 fully saturated rings. The molecule has 26 heavy (non-hydrogen) atoms. The van der Waals surface area contributed by atoms with Crippen LogP contribution in [0.25, 0.3) is 0 Å². The summed E-state index contributed by atoms with van der Waals surface area (Å²) in [4.78, 5) is 23.6. The predicted octanol–water partition coefficient (Wildman–Crippen LogP) is 2.57. The van der Waals surface area contributed by atoms with Gasteiger partial charge in [-0.15, -0.1) is 0 Å². The maximum Gasteiger partial charge on any atom is 0.329 e. The Bertz CT molecular complexity index is 755. The highest BCUT2D eigenvalue weighted by Gasteiger charge is 2.12. The van der Waals surface area contributed by atoms with Crippen LogP contribution >= 0.6 is 0 Å². The second kappa shape index (κ2) is 9.83. The highest BCUT2D eigenvalue weighted by Crippen LogP contribution is 2.15. The number of hydrogen-bond acceptors (Lipinski definition) is 5. The number of hydrazone groups is 1. The van der Waals surface area contributed by atoms with Gasteiger partial charge < -0.3 is 14.8 Å². The van der Waals surface area contributed by atoms with E-state index < -0.39 is 11.8 Å². The second-order valence-corrected chi connectivity index (χ2v) is 5.30. The number of methoxy groups -OCH3 is 1. The third-order valence-corrected chi connectivity index (χ3v) is 3.29. The number of hydrogen-bond donors (Lipinski definition) is 2. The minimum Gasteiger partial charge on any atom is -0.497 e. The van der Waals surface area contributed by atoms with Gasteiger partial charge >= 0.3 is 11.8 Å². The molecule has 136 valence electrons. The molecule has 2 aromatic rings. The Morgan fingerprint density at radius 2 is 1.65 bits per heavy atom. The van der Waals surface area contributed by atoms with E-state index in [1.165, 1.54) is 6.21 Å². The standard InChI is InChI=1S/C19H21N3O4/c1-3-12-26-17-10-6-15(7-11-17)21-18(23)19(24)22-20-13-14-4-8-16(25-2)9-5-14/h4-11,13H,3,12H2,1-2H3,(H,21,23)(H,22,24)/b20-13-. The van der Waals surface area contributed by atoms with Crippen LogP contribution in [0, 0.1) is 0 Å². The summed E-state index contributed by atoms with van der Waals surface area (Å²) >= 11 is 0. The van der Waals surface area contributed by atoms with Gasteiger partial charge in [0.1, 0.15) is 11.5 Å². The molecule has 0 spiro atoms. The first kappa shape index (κ1) is 19.0. The first-order chi connectivity index (χ1) is 12.6. The molecule has 7 nitrogen and oxygen atoms in total. The Hall–Kier alpha value is -3.35. The highest BCUT2D eigenvalue weighted by atomic mass is 16.5. The van der Waals surface area contributed by atoms with Crippen molar-refractivity contribution in [1.29, 1.82) is 0 Å². The van der Waals surface area contributed by atoms with Gasteiger partial charge in [-0.25, -0.2) is 5.43 Å². The fourth-order valence-electron chi connectivity index (χ4n) is 1.95. The Kier molecular flexibility index (Phi) is 7.17. The number of anilines is 1. The molecular formula is C19H21N3O4. The maximum absolute atomic E-state index is 11.9. The summed E-state index contributed by atoms with van der Waals surface area (Å²) in [5.74, 6) is -0.241. The predicted molar refractivity (Wildman–Crippen MR) is 99.6 cm³/mol. The van der Waals surface area contributed by atoms with Crippen molar-refractivity contribution in [2.75, 3.05) is 19.0 Å². The Morgan fingerprint density at radius 3 is 2.27 bits per heavy atom. The number of carbonyl (C=O) groups is 2. The van der Waals surface area contributed by atoms with Gasteiger partial charge in [-0.1, -0.05) is 6.92 Å². The molecule has 0 aliphatic carbocycles. The highest BCUT2D eigenvalue weighted by molar-refractivity contribution is 6.39. The average Bonchev–Trinajstić information content (AvgIpc) is 2.67. The molecule has 2 amide bonds. The molecule has 7 heteroatoms. The number of nitrogens with zero attached hydrogens (tertiary/aromatic N) is 1. The summed E-state index contributed by atoms with van der Waals surface area (Å²) < 4.78 is 10.5. The third-order valence-electron chi connectivity index (χ3n) is 3.29. The SMILES string of the molecule is CCCOc1ccc(NC(=O)C(=O)N/N=C\c2ccc(OC)cc2)cc1. The normalized spacial score (nSPS) is 10.4. The van der Waals surface area contributed by atoms with E-state index in [9.17, 15) is 9.59 Å². The lowest BCUT2D eigenvalue weighted by Crippen LogP contribution is -2.32. The lowest BCUT2D eigenvalue weighted by Gasteiger charge is -2.07. The molecule has 0 aliphatic rings. The molecule has 2 N–H and O–H groups in total. The van der Waals surface area contributed by atoms with E-state index in [1.54, 1.807) is 55.6 Å². The van der Waals surface area contributed by atoms with Crippen molar-refractivity contribution in [3.63, 3.8) is 0 Å². The molecule has 0 saturated heterocycles. The number of ether oxygens (including phenoxy) is 2. The summed E-state index contributed by atoms with van der Waals surface area (Å²) in [6, 6.07) is 13.9. The van der Waals surface area contributed by atoms with Crippen molar-refractivity contribution in [1.82, 2.24) is 5.43 Å². The van der Waals surface area contributed by atoms with Crippen LogP contribution in [-0.2, 0) is 9.59 Å². The van der Waals surface area contributed by atoms with Crippen molar-refractivity contribution in [2.45, 2.75) is 13.3 Å². The van der Waals surface area contributed by atoms with Crippen molar-refractivity contribution in [3.8, 4) is 11.5 Å². The summed E-state index contributed by atoms with van der Waals surface area (Å²) in [5, 5.41) is 6.25. The topological polar surface area (TPSA) is 89.0 Å². The molecule has 0 heterocycles. The van der Waals surface area contributed by atoms with Crippen molar-refractivity contribution in [2.24, 2.45) is 5.10 Å². The average molecular weight is 355 g/mol. The molecule has 0 saturated carbocycles. The molecule has 0 radical (unpaired) electrons. The van der Waals surface area contributed by atoms with Gasteiger partial charge in [0.05, 0.1) is 19.9 Å². The molecule has 2 rings (SSSR count). The van der Waals surface area contributed by atoms with E-state index in [0.717, 1.165) is 17.7 Å². The minimum atomic E-state index is -0.860. The molecule has 0 atom stereocenters. The summed E-state index contributed by atoms with van der Waals surface area (Å²) in [7, 11) is 1.58. The van der Waals surface area contributed by atoms with Gasteiger partial charge in [0, 0.05) is 5.69 Å². The minimum absolute atomic E-state index is 0.494. The van der Waals surface area contributed by atoms with Crippen LogP contribution in [0.4, 0.5) is 5.69 Å². The van der Waals surface area contributed by atoms with Crippen LogP contribution in [0.1, 0.15) is 18.9 Å². The molecule has 0 unspecified atom stereocenters. The van der Waals surface area contributed by atoms with E-state index in [2.05, 4.69) is 15.8 Å². The van der Waals surface area contributed by atoms with Crippen LogP contribution in [0.15, 0.2) is 53.6 Å². The lowest BCUT2D eigenvalue weighted by atomic mass is 10.2. The number of nitrogens with one attached hydrogen (secondary N) is 2. The van der Waals surface area contributed by atoms with Crippen LogP contribution in [0.2, 0.25) is 0 Å². The smallest absolute Gasteiger partial charge is 0.329 e. The Balaban J connectivity index is 1.82. The monoisotopic (exact) mass is 355 g/mol. The van der Waals surface area contributed by atoms with Crippen molar-refractivity contribution >= 4 is 23.7 Å². The number of amides is 2. The van der Waals surface area contributed by atoms with Gasteiger partial charge in [0.15, 0.2) is 0 Å². The van der Waals surface area contributed by atoms with Crippen LogP contribution < -0.4 is 20.2 Å². The van der Waals surface area contributed by atoms with Gasteiger partial charge in [-0.2, -0.15) is 5.10 Å². The van der Waals surface area contributed by atoms with Gasteiger partial charge in [0.2, 0.25) is 0 Å². The van der Waals surface area contributed by atoms with E-state index in [4.69, 9.17) is 9.47 Å². The first-order valence-electron chi connectivity index (χ1n) is 8.13. The molecular weight excluding hydrogens is 334 g/mol. The van der Waals surface area contributed by atoms with Gasteiger partial charge in [0.25, 0.3) is 0 Å². The molecule has 0 bridgehead atoms. The van der Waals surface area contributed by atoms with Crippen LogP contribution in [0.5, 0.6) is 11.5 Å². The summed E-state index contributed by atoms with van der Waals surface area (Å²) in [6.45, 7) is 2.64. The van der Waals surface area contributed by atoms with Gasteiger partial charge in [-0.3, -0.25) is 9.59 Å². The van der Waals surface area contributed by atoms with Crippen LogP contribution in [-0.4, -0.2) is 31.7 Å². The van der Waals surface area contributed by atoms with E-state index in [1.807, 2.05) is 6.92 Å². The second-order valence-electron chi connectivity index (χ2n) is 5.30. The maximum atomic E-state index is 11.9. The van der Waals surface area contributed by atoms with Gasteiger partial charge in [-0.05, 0) is 60.5 Å². The summed E-state index contributed by atoms with van der Waals surface area (Å²) in [5.41, 5.74) is 3.43. The fraction of sp³-hybridized carbons (Fsp3) is 0.211. The Labute approximate surface area is 152 Å². The van der Waals surface area contributed by atoms with E-state index in [0.29, 0.717) is 18.0 Å². The summed E-state index contributed by atoms with van der Waals surface area (Å²) in [6.07, 6.45) is 2.35. The number of rotatable bonds is 7. The lowest BCUT2D eigenvalue weighted by molar-refractivity contribution is -0.136. The quantitative estimate of drug-likeness (QED) is 0.454. The Morgan fingerprint density at radius 1 is 1.00 bits per heavy atom. The van der Waals surface area contributed by atoms with Crippen LogP contribution in [0.3, 0.4) is 0 Å². The van der Waals surface area contributed by atoms with Crippen molar-refractivity contribution < 1.29 is 19.1 Å². The molecule has 2 aromatic carbocycles. The zero-order chi connectivity index (χ0) is 18.8. The number of carbonyl (C=O) groups excluding carboxylic acids is 2. The van der Waals surface area contributed by atoms with E-state index >= 15 is 0 Å². The zero-order valence-electron chi connectivity index (χ0n) is 14.7. The fourth-order valence-corrected chi connectivity index (χ4v) is 1.95.